The number of halogens is 1. The fraction of sp³-hybridized carbons (Fsp3) is 0.600. The Morgan fingerprint density at radius 2 is 1.86 bits per heavy atom. The number of hydrogen-bond donors (Lipinski definition) is 0. The van der Waals surface area contributed by atoms with E-state index in [0.717, 1.165) is 35.2 Å². The molecule has 0 fully saturated rings. The summed E-state index contributed by atoms with van der Waals surface area (Å²) in [6, 6.07) is 0. The number of rotatable bonds is 8. The van der Waals surface area contributed by atoms with Crippen molar-refractivity contribution in [2.45, 2.75) is 40.2 Å². The maximum atomic E-state index is 6.25. The van der Waals surface area contributed by atoms with Crippen LogP contribution >= 0.6 is 22.9 Å². The Kier molecular flexibility index (Phi) is 6.36. The first-order valence-corrected chi connectivity index (χ1v) is 8.40. The fourth-order valence-electron chi connectivity index (χ4n) is 1.94. The van der Waals surface area contributed by atoms with Gasteiger partial charge in [-0.25, -0.2) is 9.97 Å². The predicted molar refractivity (Wildman–Crippen MR) is 87.3 cm³/mol. The van der Waals surface area contributed by atoms with Gasteiger partial charge in [0.2, 0.25) is 0 Å². The number of hydrogen-bond acceptors (Lipinski definition) is 5. The van der Waals surface area contributed by atoms with E-state index in [9.17, 15) is 0 Å². The van der Waals surface area contributed by atoms with Gasteiger partial charge in [0.1, 0.15) is 16.6 Å². The summed E-state index contributed by atoms with van der Waals surface area (Å²) in [6.45, 7) is 8.57. The van der Waals surface area contributed by atoms with Crippen molar-refractivity contribution < 1.29 is 9.47 Å². The highest BCUT2D eigenvalue weighted by Crippen LogP contribution is 2.32. The molecule has 0 radical (unpaired) electrons. The molecular formula is C15H21ClN2O2S. The summed E-state index contributed by atoms with van der Waals surface area (Å²) in [5.41, 5.74) is 1.16. The lowest BCUT2D eigenvalue weighted by atomic mass is 10.2. The van der Waals surface area contributed by atoms with Crippen LogP contribution in [0, 0.1) is 13.8 Å². The Hall–Kier alpha value is -0.750. The second kappa shape index (κ2) is 8.03. The predicted octanol–water partition coefficient (Wildman–Crippen LogP) is 4.29. The average Bonchev–Trinajstić information content (AvgIpc) is 2.73. The van der Waals surface area contributed by atoms with E-state index in [-0.39, 0.29) is 0 Å². The normalized spacial score (nSPS) is 11.4. The van der Waals surface area contributed by atoms with Gasteiger partial charge in [-0.2, -0.15) is 0 Å². The highest BCUT2D eigenvalue weighted by atomic mass is 35.5. The van der Waals surface area contributed by atoms with Gasteiger partial charge in [-0.3, -0.25) is 0 Å². The zero-order valence-corrected chi connectivity index (χ0v) is 14.3. The minimum absolute atomic E-state index is 0.364. The molecule has 0 aliphatic heterocycles. The number of fused-ring (bicyclic) bond motifs is 1. The van der Waals surface area contributed by atoms with Crippen LogP contribution in [0.4, 0.5) is 0 Å². The molecule has 4 nitrogen and oxygen atoms in total. The lowest BCUT2D eigenvalue weighted by molar-refractivity contribution is 0.0375. The summed E-state index contributed by atoms with van der Waals surface area (Å²) in [5, 5.41) is 1.48. The van der Waals surface area contributed by atoms with Crippen molar-refractivity contribution in [2.24, 2.45) is 0 Å². The molecule has 0 aliphatic rings. The second-order valence-corrected chi connectivity index (χ2v) is 6.47. The number of ether oxygens (including phenoxy) is 2. The summed E-state index contributed by atoms with van der Waals surface area (Å²) >= 11 is 7.90. The largest absolute Gasteiger partial charge is 0.379 e. The maximum Gasteiger partial charge on any atom is 0.157 e. The summed E-state index contributed by atoms with van der Waals surface area (Å²) in [6.07, 6.45) is 2.24. The Morgan fingerprint density at radius 1 is 1.10 bits per heavy atom. The van der Waals surface area contributed by atoms with Gasteiger partial charge in [0.05, 0.1) is 18.6 Å². The first-order valence-electron chi connectivity index (χ1n) is 7.21. The monoisotopic (exact) mass is 328 g/mol. The minimum atomic E-state index is 0.364. The average molecular weight is 329 g/mol. The molecule has 0 bridgehead atoms. The number of aryl methyl sites for hydroxylation is 2. The van der Waals surface area contributed by atoms with Gasteiger partial charge < -0.3 is 9.47 Å². The van der Waals surface area contributed by atoms with Gasteiger partial charge in [0, 0.05) is 11.5 Å². The van der Waals surface area contributed by atoms with Crippen molar-refractivity contribution in [2.75, 3.05) is 19.8 Å². The third kappa shape index (κ3) is 4.36. The van der Waals surface area contributed by atoms with Gasteiger partial charge in [0.15, 0.2) is 5.82 Å². The SMILES string of the molecule is CCCCOCCOCc1nc(Cl)c2c(C)c(C)sc2n1. The van der Waals surface area contributed by atoms with E-state index in [1.54, 1.807) is 11.3 Å². The van der Waals surface area contributed by atoms with E-state index in [4.69, 9.17) is 21.1 Å². The Labute approximate surface area is 134 Å². The lowest BCUT2D eigenvalue weighted by Crippen LogP contribution is -2.07. The van der Waals surface area contributed by atoms with E-state index in [1.807, 2.05) is 6.92 Å². The molecule has 2 rings (SSSR count). The lowest BCUT2D eigenvalue weighted by Gasteiger charge is -2.05. The van der Waals surface area contributed by atoms with Crippen LogP contribution in [-0.2, 0) is 16.1 Å². The molecule has 2 aromatic rings. The fourth-order valence-corrected chi connectivity index (χ4v) is 3.37. The molecule has 6 heteroatoms. The summed E-state index contributed by atoms with van der Waals surface area (Å²) in [4.78, 5) is 11.0. The molecule has 0 saturated heterocycles. The number of thiophene rings is 1. The highest BCUT2D eigenvalue weighted by molar-refractivity contribution is 7.18. The van der Waals surface area contributed by atoms with Gasteiger partial charge in [-0.05, 0) is 25.8 Å². The zero-order chi connectivity index (χ0) is 15.2. The van der Waals surface area contributed by atoms with Gasteiger partial charge in [-0.1, -0.05) is 24.9 Å². The molecule has 0 amide bonds. The third-order valence-electron chi connectivity index (χ3n) is 3.28. The van der Waals surface area contributed by atoms with Crippen LogP contribution in [-0.4, -0.2) is 29.8 Å². The molecule has 0 aliphatic carbocycles. The Balaban J connectivity index is 1.88. The number of aromatic nitrogens is 2. The third-order valence-corrected chi connectivity index (χ3v) is 4.65. The quantitative estimate of drug-likeness (QED) is 0.535. The van der Waals surface area contributed by atoms with E-state index in [2.05, 4.69) is 23.8 Å². The molecule has 0 unspecified atom stereocenters. The van der Waals surface area contributed by atoms with Crippen molar-refractivity contribution in [3.8, 4) is 0 Å². The molecule has 116 valence electrons. The smallest absolute Gasteiger partial charge is 0.157 e. The maximum absolute atomic E-state index is 6.25. The molecule has 2 aromatic heterocycles. The first-order chi connectivity index (χ1) is 10.1. The van der Waals surface area contributed by atoms with Crippen LogP contribution in [0.2, 0.25) is 5.15 Å². The van der Waals surface area contributed by atoms with E-state index >= 15 is 0 Å². The molecule has 0 saturated carbocycles. The van der Waals surface area contributed by atoms with Crippen LogP contribution in [0.15, 0.2) is 0 Å². The van der Waals surface area contributed by atoms with Crippen molar-refractivity contribution in [3.63, 3.8) is 0 Å². The molecular weight excluding hydrogens is 308 g/mol. The first kappa shape index (κ1) is 16.6. The molecule has 0 atom stereocenters. The number of unbranched alkanes of at least 4 members (excludes halogenated alkanes) is 1. The summed E-state index contributed by atoms with van der Waals surface area (Å²) in [7, 11) is 0. The van der Waals surface area contributed by atoms with Gasteiger partial charge in [0.25, 0.3) is 0 Å². The van der Waals surface area contributed by atoms with Crippen molar-refractivity contribution >= 4 is 33.2 Å². The van der Waals surface area contributed by atoms with Gasteiger partial charge >= 0.3 is 0 Å². The van der Waals surface area contributed by atoms with Crippen molar-refractivity contribution in [3.05, 3.63) is 21.4 Å². The van der Waals surface area contributed by atoms with Crippen LogP contribution in [0.3, 0.4) is 0 Å². The van der Waals surface area contributed by atoms with E-state index < -0.39 is 0 Å². The molecule has 0 spiro atoms. The zero-order valence-electron chi connectivity index (χ0n) is 12.7. The summed E-state index contributed by atoms with van der Waals surface area (Å²) in [5.74, 6) is 0.627. The Bertz CT molecular complexity index is 601. The molecule has 0 aromatic carbocycles. The van der Waals surface area contributed by atoms with Crippen LogP contribution in [0.25, 0.3) is 10.2 Å². The standard InChI is InChI=1S/C15H21ClN2O2S/c1-4-5-6-19-7-8-20-9-12-17-14(16)13-10(2)11(3)21-15(13)18-12/h4-9H2,1-3H3. The van der Waals surface area contributed by atoms with Crippen molar-refractivity contribution in [1.82, 2.24) is 9.97 Å². The van der Waals surface area contributed by atoms with E-state index in [1.165, 1.54) is 4.88 Å². The topological polar surface area (TPSA) is 44.2 Å². The van der Waals surface area contributed by atoms with Crippen molar-refractivity contribution in [1.29, 1.82) is 0 Å². The van der Waals surface area contributed by atoms with Crippen LogP contribution in [0.5, 0.6) is 0 Å². The second-order valence-electron chi connectivity index (χ2n) is 4.91. The minimum Gasteiger partial charge on any atom is -0.379 e. The molecule has 21 heavy (non-hydrogen) atoms. The van der Waals surface area contributed by atoms with Crippen LogP contribution < -0.4 is 0 Å². The van der Waals surface area contributed by atoms with E-state index in [0.29, 0.717) is 30.8 Å². The highest BCUT2D eigenvalue weighted by Gasteiger charge is 2.13. The molecule has 0 N–H and O–H groups in total. The van der Waals surface area contributed by atoms with Gasteiger partial charge in [-0.15, -0.1) is 11.3 Å². The molecule has 2 heterocycles. The van der Waals surface area contributed by atoms with Crippen LogP contribution in [0.1, 0.15) is 36.0 Å². The Morgan fingerprint density at radius 3 is 2.62 bits per heavy atom. The summed E-state index contributed by atoms with van der Waals surface area (Å²) < 4.78 is 11.0. The number of nitrogens with zero attached hydrogens (tertiary/aromatic N) is 2.